The summed E-state index contributed by atoms with van der Waals surface area (Å²) in [5.41, 5.74) is 1.22. The molecule has 1 saturated heterocycles. The fourth-order valence-electron chi connectivity index (χ4n) is 2.86. The SMILES string of the molecule is CN1C(=O)/C(=C/c2ccc(-c3cc(Cl)ccc3Cl)o2)SC1=Nc1cccc(C(=O)O)c1. The molecule has 0 spiro atoms. The van der Waals surface area contributed by atoms with Gasteiger partial charge in [0.25, 0.3) is 5.91 Å². The molecule has 4 rings (SSSR count). The van der Waals surface area contributed by atoms with E-state index in [1.165, 1.54) is 28.8 Å². The molecule has 156 valence electrons. The summed E-state index contributed by atoms with van der Waals surface area (Å²) < 4.78 is 5.84. The average Bonchev–Trinajstić information content (AvgIpc) is 3.31. The average molecular weight is 473 g/mol. The lowest BCUT2D eigenvalue weighted by Gasteiger charge is -2.07. The lowest BCUT2D eigenvalue weighted by atomic mass is 10.2. The predicted molar refractivity (Wildman–Crippen MR) is 123 cm³/mol. The van der Waals surface area contributed by atoms with E-state index in [-0.39, 0.29) is 11.5 Å². The summed E-state index contributed by atoms with van der Waals surface area (Å²) in [7, 11) is 1.61. The van der Waals surface area contributed by atoms with E-state index < -0.39 is 5.97 Å². The van der Waals surface area contributed by atoms with Crippen molar-refractivity contribution in [3.8, 4) is 11.3 Å². The van der Waals surface area contributed by atoms with Gasteiger partial charge in [-0.2, -0.15) is 0 Å². The highest BCUT2D eigenvalue weighted by Gasteiger charge is 2.30. The first-order valence-corrected chi connectivity index (χ1v) is 10.5. The summed E-state index contributed by atoms with van der Waals surface area (Å²) in [5.74, 6) is -0.275. The lowest BCUT2D eigenvalue weighted by molar-refractivity contribution is -0.121. The van der Waals surface area contributed by atoms with E-state index in [2.05, 4.69) is 4.99 Å². The van der Waals surface area contributed by atoms with Crippen molar-refractivity contribution in [3.63, 3.8) is 0 Å². The molecule has 0 bridgehead atoms. The molecule has 1 aromatic heterocycles. The molecular weight excluding hydrogens is 459 g/mol. The zero-order valence-electron chi connectivity index (χ0n) is 16.0. The van der Waals surface area contributed by atoms with E-state index in [9.17, 15) is 9.59 Å². The van der Waals surface area contributed by atoms with Gasteiger partial charge in [0.1, 0.15) is 11.5 Å². The number of aromatic carboxylic acids is 1. The van der Waals surface area contributed by atoms with Crippen LogP contribution in [0.3, 0.4) is 0 Å². The van der Waals surface area contributed by atoms with Crippen molar-refractivity contribution in [3.05, 3.63) is 80.9 Å². The van der Waals surface area contributed by atoms with Gasteiger partial charge in [0.05, 0.1) is 21.2 Å². The van der Waals surface area contributed by atoms with Gasteiger partial charge in [-0.25, -0.2) is 9.79 Å². The van der Waals surface area contributed by atoms with E-state index in [0.29, 0.717) is 42.9 Å². The van der Waals surface area contributed by atoms with Gasteiger partial charge < -0.3 is 9.52 Å². The van der Waals surface area contributed by atoms with Crippen LogP contribution in [0.25, 0.3) is 17.4 Å². The van der Waals surface area contributed by atoms with Gasteiger partial charge in [0.15, 0.2) is 5.17 Å². The fraction of sp³-hybridized carbons (Fsp3) is 0.0455. The molecule has 0 atom stereocenters. The van der Waals surface area contributed by atoms with Crippen molar-refractivity contribution in [2.45, 2.75) is 0 Å². The number of carbonyl (C=O) groups is 2. The van der Waals surface area contributed by atoms with Crippen LogP contribution in [-0.4, -0.2) is 34.1 Å². The van der Waals surface area contributed by atoms with Gasteiger partial charge in [0.2, 0.25) is 0 Å². The Balaban J connectivity index is 1.61. The number of nitrogens with zero attached hydrogens (tertiary/aromatic N) is 2. The minimum Gasteiger partial charge on any atom is -0.478 e. The molecule has 3 aromatic rings. The molecule has 1 aliphatic rings. The van der Waals surface area contributed by atoms with Crippen LogP contribution in [0.1, 0.15) is 16.1 Å². The van der Waals surface area contributed by atoms with Crippen LogP contribution >= 0.6 is 35.0 Å². The van der Waals surface area contributed by atoms with Gasteiger partial charge >= 0.3 is 5.97 Å². The van der Waals surface area contributed by atoms with Crippen LogP contribution in [-0.2, 0) is 4.79 Å². The summed E-state index contributed by atoms with van der Waals surface area (Å²) >= 11 is 13.4. The van der Waals surface area contributed by atoms with Crippen LogP contribution in [0, 0.1) is 0 Å². The molecule has 0 aliphatic carbocycles. The summed E-state index contributed by atoms with van der Waals surface area (Å²) in [6.45, 7) is 0. The maximum absolute atomic E-state index is 12.6. The molecule has 2 aromatic carbocycles. The Morgan fingerprint density at radius 3 is 2.74 bits per heavy atom. The van der Waals surface area contributed by atoms with Gasteiger partial charge in [-0.05, 0) is 60.3 Å². The Morgan fingerprint density at radius 2 is 1.97 bits per heavy atom. The molecule has 9 heteroatoms. The molecule has 1 amide bonds. The lowest BCUT2D eigenvalue weighted by Crippen LogP contribution is -2.23. The van der Waals surface area contributed by atoms with Gasteiger partial charge in [-0.3, -0.25) is 9.69 Å². The van der Waals surface area contributed by atoms with E-state index in [1.807, 2.05) is 0 Å². The van der Waals surface area contributed by atoms with Crippen molar-refractivity contribution in [1.29, 1.82) is 0 Å². The minimum absolute atomic E-state index is 0.123. The number of thioether (sulfide) groups is 1. The van der Waals surface area contributed by atoms with Crippen LogP contribution < -0.4 is 0 Å². The third-order valence-electron chi connectivity index (χ3n) is 4.42. The predicted octanol–water partition coefficient (Wildman–Crippen LogP) is 6.19. The molecule has 6 nitrogen and oxygen atoms in total. The maximum atomic E-state index is 12.6. The molecule has 31 heavy (non-hydrogen) atoms. The van der Waals surface area contributed by atoms with Gasteiger partial charge in [0, 0.05) is 23.7 Å². The van der Waals surface area contributed by atoms with Crippen LogP contribution in [0.2, 0.25) is 10.0 Å². The Kier molecular flexibility index (Phi) is 5.91. The number of furan rings is 1. The van der Waals surface area contributed by atoms with Crippen molar-refractivity contribution < 1.29 is 19.1 Å². The van der Waals surface area contributed by atoms with Crippen molar-refractivity contribution in [2.75, 3.05) is 7.05 Å². The topological polar surface area (TPSA) is 83.1 Å². The van der Waals surface area contributed by atoms with Crippen molar-refractivity contribution in [2.24, 2.45) is 4.99 Å². The van der Waals surface area contributed by atoms with Crippen molar-refractivity contribution in [1.82, 2.24) is 4.90 Å². The number of hydrogen-bond donors (Lipinski definition) is 1. The van der Waals surface area contributed by atoms with E-state index in [4.69, 9.17) is 32.7 Å². The normalized spacial score (nSPS) is 16.5. The van der Waals surface area contributed by atoms with E-state index >= 15 is 0 Å². The summed E-state index contributed by atoms with van der Waals surface area (Å²) in [6, 6.07) is 14.8. The summed E-state index contributed by atoms with van der Waals surface area (Å²) in [6.07, 6.45) is 1.63. The molecule has 0 saturated carbocycles. The summed E-state index contributed by atoms with van der Waals surface area (Å²) in [5, 5.41) is 10.6. The third kappa shape index (κ3) is 4.54. The zero-order chi connectivity index (χ0) is 22.1. The molecular formula is C22H14Cl2N2O4S. The smallest absolute Gasteiger partial charge is 0.335 e. The quantitative estimate of drug-likeness (QED) is 0.457. The molecule has 0 radical (unpaired) electrons. The molecule has 1 N–H and O–H groups in total. The number of carbonyl (C=O) groups excluding carboxylic acids is 1. The number of amidine groups is 1. The van der Waals surface area contributed by atoms with Gasteiger partial charge in [-0.15, -0.1) is 0 Å². The Hall–Kier alpha value is -3.00. The monoisotopic (exact) mass is 472 g/mol. The number of likely N-dealkylation sites (N-methyl/N-ethyl adjacent to an activating group) is 1. The van der Waals surface area contributed by atoms with Crippen LogP contribution in [0.15, 0.2) is 68.9 Å². The van der Waals surface area contributed by atoms with E-state index in [1.54, 1.807) is 55.6 Å². The van der Waals surface area contributed by atoms with Gasteiger partial charge in [-0.1, -0.05) is 29.3 Å². The number of halogens is 2. The highest BCUT2D eigenvalue weighted by Crippen LogP contribution is 2.36. The molecule has 2 heterocycles. The highest BCUT2D eigenvalue weighted by molar-refractivity contribution is 8.18. The largest absolute Gasteiger partial charge is 0.478 e. The Labute approximate surface area is 191 Å². The fourth-order valence-corrected chi connectivity index (χ4v) is 4.21. The standard InChI is InChI=1S/C22H14Cl2N2O4S/c1-26-20(27)19(31-22(26)25-14-4-2-3-12(9-14)21(28)29)11-15-6-8-18(30-15)16-10-13(23)5-7-17(16)24/h2-11H,1H3,(H,28,29)/b19-11-,25-22?. The zero-order valence-corrected chi connectivity index (χ0v) is 18.3. The highest BCUT2D eigenvalue weighted by atomic mass is 35.5. The number of rotatable bonds is 4. The second-order valence-electron chi connectivity index (χ2n) is 6.55. The number of amides is 1. The number of aliphatic imine (C=N–C) groups is 1. The number of hydrogen-bond acceptors (Lipinski definition) is 5. The van der Waals surface area contributed by atoms with Crippen molar-refractivity contribution >= 4 is 63.8 Å². The van der Waals surface area contributed by atoms with Crippen LogP contribution in [0.5, 0.6) is 0 Å². The minimum atomic E-state index is -1.04. The first-order valence-electron chi connectivity index (χ1n) is 8.97. The second-order valence-corrected chi connectivity index (χ2v) is 8.40. The number of carboxylic acids is 1. The first kappa shape index (κ1) is 21.2. The maximum Gasteiger partial charge on any atom is 0.335 e. The number of carboxylic acid groups (broad SMARTS) is 1. The first-order chi connectivity index (χ1) is 14.8. The third-order valence-corrected chi connectivity index (χ3v) is 6.04. The molecule has 1 aliphatic heterocycles. The Bertz CT molecular complexity index is 1270. The number of benzene rings is 2. The summed E-state index contributed by atoms with van der Waals surface area (Å²) in [4.78, 5) is 30.0. The second kappa shape index (κ2) is 8.63. The van der Waals surface area contributed by atoms with Crippen LogP contribution in [0.4, 0.5) is 5.69 Å². The van der Waals surface area contributed by atoms with E-state index in [0.717, 1.165) is 0 Å². The Morgan fingerprint density at radius 1 is 1.16 bits per heavy atom. The molecule has 0 unspecified atom stereocenters. The molecule has 1 fully saturated rings.